The summed E-state index contributed by atoms with van der Waals surface area (Å²) in [6, 6.07) is 0. The van der Waals surface area contributed by atoms with Crippen LogP contribution < -0.4 is 35.0 Å². The average Bonchev–Trinajstić information content (AvgIpc) is 1.66. The molecule has 9 heavy (non-hydrogen) atoms. The second kappa shape index (κ2) is 7.54. The summed E-state index contributed by atoms with van der Waals surface area (Å²) in [7, 11) is 0. The standard InChI is InChI=1S/C2H2N3O3.Na/c6-1-3-5-4-2(7)8;/h(H,7,8)(H,3,4,6);/q-1;+1. The third-order valence-electron chi connectivity index (χ3n) is 0.236. The molecule has 44 valence electrons. The summed E-state index contributed by atoms with van der Waals surface area (Å²) in [4.78, 5) is 18.6. The molecule has 0 aliphatic rings. The predicted octanol–water partition coefficient (Wildman–Crippen LogP) is -3.31. The number of carbonyl (C=O) groups is 1. The molecule has 0 saturated heterocycles. The minimum Gasteiger partial charge on any atom is -0.516 e. The molecule has 0 spiro atoms. The molecule has 2 amide bonds. The minimum atomic E-state index is -1.37. The molecule has 0 aromatic rings. The van der Waals surface area contributed by atoms with Crippen molar-refractivity contribution in [2.24, 2.45) is 10.3 Å². The molecule has 6 nitrogen and oxygen atoms in total. The van der Waals surface area contributed by atoms with Crippen LogP contribution in [0.25, 0.3) is 0 Å². The molecule has 0 atom stereocenters. The van der Waals surface area contributed by atoms with Gasteiger partial charge in [-0.15, -0.1) is 11.6 Å². The predicted molar refractivity (Wildman–Crippen MR) is 21.7 cm³/mol. The summed E-state index contributed by atoms with van der Waals surface area (Å²) < 4.78 is 0. The van der Waals surface area contributed by atoms with Crippen molar-refractivity contribution in [3.63, 3.8) is 0 Å². The molecule has 0 aliphatic heterocycles. The monoisotopic (exact) mass is 139 g/mol. The minimum absolute atomic E-state index is 0. The van der Waals surface area contributed by atoms with Crippen LogP contribution in [-0.2, 0) is 4.79 Å². The van der Waals surface area contributed by atoms with Crippen molar-refractivity contribution >= 4 is 12.5 Å². The van der Waals surface area contributed by atoms with E-state index in [0.29, 0.717) is 0 Å². The van der Waals surface area contributed by atoms with Crippen molar-refractivity contribution in [2.75, 3.05) is 0 Å². The molecule has 0 aromatic carbocycles. The van der Waals surface area contributed by atoms with Crippen LogP contribution in [0.4, 0.5) is 4.79 Å². The SMILES string of the molecule is O=[C-]N=NNC(=O)O.[Na+]. The molecule has 0 bridgehead atoms. The number of nitrogens with zero attached hydrogens (tertiary/aromatic N) is 2. The molecule has 2 N–H and O–H groups in total. The van der Waals surface area contributed by atoms with E-state index in [4.69, 9.17) is 9.90 Å². The number of hydrogen-bond donors (Lipinski definition) is 2. The maximum Gasteiger partial charge on any atom is 1.00 e. The molecule has 0 radical (unpaired) electrons. The fourth-order valence-corrected chi connectivity index (χ4v) is 0.0882. The second-order valence-electron chi connectivity index (χ2n) is 0.708. The van der Waals surface area contributed by atoms with Gasteiger partial charge in [-0.05, 0) is 0 Å². The quantitative estimate of drug-likeness (QED) is 0.181. The van der Waals surface area contributed by atoms with Crippen molar-refractivity contribution in [1.29, 1.82) is 0 Å². The van der Waals surface area contributed by atoms with Gasteiger partial charge in [0.05, 0.1) is 0 Å². The van der Waals surface area contributed by atoms with E-state index in [-0.39, 0.29) is 29.6 Å². The van der Waals surface area contributed by atoms with Gasteiger partial charge in [-0.25, -0.2) is 4.79 Å². The van der Waals surface area contributed by atoms with Gasteiger partial charge >= 0.3 is 35.7 Å². The van der Waals surface area contributed by atoms with Crippen molar-refractivity contribution in [3.05, 3.63) is 0 Å². The Morgan fingerprint density at radius 3 is 2.56 bits per heavy atom. The van der Waals surface area contributed by atoms with Gasteiger partial charge in [-0.2, -0.15) is 5.43 Å². The van der Waals surface area contributed by atoms with E-state index in [1.54, 1.807) is 0 Å². The number of nitrogens with one attached hydrogen (secondary N) is 1. The zero-order valence-electron chi connectivity index (χ0n) is 4.66. The Labute approximate surface area is 72.6 Å². The fraction of sp³-hybridized carbons (Fsp3) is 0. The topological polar surface area (TPSA) is 91.1 Å². The Bertz CT molecular complexity index is 124. The van der Waals surface area contributed by atoms with Gasteiger partial charge in [-0.1, -0.05) is 0 Å². The van der Waals surface area contributed by atoms with E-state index in [0.717, 1.165) is 6.41 Å². The van der Waals surface area contributed by atoms with E-state index in [9.17, 15) is 4.79 Å². The Morgan fingerprint density at radius 1 is 1.67 bits per heavy atom. The first-order valence-electron chi connectivity index (χ1n) is 1.53. The van der Waals surface area contributed by atoms with Crippen LogP contribution >= 0.6 is 0 Å². The first-order chi connectivity index (χ1) is 3.77. The zero-order chi connectivity index (χ0) is 6.41. The molecule has 0 saturated carbocycles. The summed E-state index contributed by atoms with van der Waals surface area (Å²) in [5.74, 6) is 0. The summed E-state index contributed by atoms with van der Waals surface area (Å²) in [5.41, 5.74) is 1.46. The van der Waals surface area contributed by atoms with E-state index >= 15 is 0 Å². The first kappa shape index (κ1) is 11.4. The molecule has 0 unspecified atom stereocenters. The number of carboxylic acid groups (broad SMARTS) is 1. The summed E-state index contributed by atoms with van der Waals surface area (Å²) in [6.45, 7) is 0. The third kappa shape index (κ3) is 11.2. The largest absolute Gasteiger partial charge is 1.00 e. The summed E-state index contributed by atoms with van der Waals surface area (Å²) >= 11 is 0. The molecule has 0 aromatic heterocycles. The molecular formula is C2H2N3NaO3. The maximum absolute atomic E-state index is 9.48. The third-order valence-corrected chi connectivity index (χ3v) is 0.236. The maximum atomic E-state index is 9.48. The fourth-order valence-electron chi connectivity index (χ4n) is 0.0882. The molecule has 7 heteroatoms. The van der Waals surface area contributed by atoms with Crippen LogP contribution in [0.15, 0.2) is 10.3 Å². The Morgan fingerprint density at radius 2 is 2.22 bits per heavy atom. The summed E-state index contributed by atoms with van der Waals surface area (Å²) in [6.07, 6.45) is -0.366. The van der Waals surface area contributed by atoms with Crippen LogP contribution in [0, 0.1) is 0 Å². The molecule has 0 fully saturated rings. The first-order valence-corrected chi connectivity index (χ1v) is 1.53. The van der Waals surface area contributed by atoms with Gasteiger partial charge in [0.25, 0.3) is 0 Å². The molecule has 0 aliphatic carbocycles. The molecule has 0 heterocycles. The normalized spacial score (nSPS) is 8.00. The van der Waals surface area contributed by atoms with Gasteiger partial charge in [0.2, 0.25) is 0 Å². The Balaban J connectivity index is 0. The zero-order valence-corrected chi connectivity index (χ0v) is 6.66. The second-order valence-corrected chi connectivity index (χ2v) is 0.708. The van der Waals surface area contributed by atoms with Crippen LogP contribution in [0.3, 0.4) is 0 Å². The Kier molecular flexibility index (Phi) is 9.51. The van der Waals surface area contributed by atoms with Gasteiger partial charge < -0.3 is 15.0 Å². The smallest absolute Gasteiger partial charge is 0.516 e. The number of hydrogen-bond acceptors (Lipinski definition) is 3. The van der Waals surface area contributed by atoms with E-state index < -0.39 is 6.09 Å². The van der Waals surface area contributed by atoms with Gasteiger partial charge in [0.1, 0.15) is 0 Å². The van der Waals surface area contributed by atoms with E-state index in [1.165, 1.54) is 5.43 Å². The Hall–Kier alpha value is -0.460. The number of carbonyl (C=O) groups excluding carboxylic acids is 1. The number of rotatable bonds is 2. The summed E-state index contributed by atoms with van der Waals surface area (Å²) in [5, 5.41) is 12.9. The van der Waals surface area contributed by atoms with Gasteiger partial charge in [-0.3, -0.25) is 0 Å². The van der Waals surface area contributed by atoms with E-state index in [1.807, 2.05) is 0 Å². The van der Waals surface area contributed by atoms with Crippen molar-refractivity contribution in [3.8, 4) is 0 Å². The van der Waals surface area contributed by atoms with Crippen molar-refractivity contribution < 1.29 is 44.3 Å². The van der Waals surface area contributed by atoms with Crippen LogP contribution in [0.2, 0.25) is 0 Å². The van der Waals surface area contributed by atoms with Crippen molar-refractivity contribution in [2.45, 2.75) is 0 Å². The van der Waals surface area contributed by atoms with Crippen LogP contribution in [-0.4, -0.2) is 17.6 Å². The molecular weight excluding hydrogens is 137 g/mol. The van der Waals surface area contributed by atoms with Gasteiger partial charge in [0.15, 0.2) is 0 Å². The number of amides is 2. The van der Waals surface area contributed by atoms with Crippen LogP contribution in [0.5, 0.6) is 0 Å². The van der Waals surface area contributed by atoms with E-state index in [2.05, 4.69) is 10.3 Å². The average molecular weight is 139 g/mol. The molecule has 0 rings (SSSR count). The van der Waals surface area contributed by atoms with Crippen LogP contribution in [0.1, 0.15) is 0 Å². The van der Waals surface area contributed by atoms with Gasteiger partial charge in [0, 0.05) is 0 Å². The van der Waals surface area contributed by atoms with Crippen molar-refractivity contribution in [1.82, 2.24) is 5.43 Å².